The van der Waals surface area contributed by atoms with Crippen molar-refractivity contribution >= 4 is 5.97 Å². The molecule has 0 aromatic heterocycles. The maximum Gasteiger partial charge on any atom is 0.305 e. The van der Waals surface area contributed by atoms with E-state index in [4.69, 9.17) is 24.8 Å². The van der Waals surface area contributed by atoms with Crippen LogP contribution in [0.4, 0.5) is 0 Å². The van der Waals surface area contributed by atoms with Gasteiger partial charge in [0, 0.05) is 24.5 Å². The maximum atomic E-state index is 11.2. The fourth-order valence-electron chi connectivity index (χ4n) is 1.32. The topological polar surface area (TPSA) is 114 Å². The van der Waals surface area contributed by atoms with E-state index in [-0.39, 0.29) is 19.2 Å². The van der Waals surface area contributed by atoms with E-state index in [2.05, 4.69) is 10.0 Å². The minimum absolute atomic E-state index is 0.161. The van der Waals surface area contributed by atoms with Crippen molar-refractivity contribution < 1.29 is 24.1 Å². The number of carbonyl (C=O) groups excluding carboxylic acids is 1. The first kappa shape index (κ1) is 18.7. The highest BCUT2D eigenvalue weighted by molar-refractivity contribution is 5.69. The van der Waals surface area contributed by atoms with Crippen LogP contribution in [0, 0.1) is 0 Å². The summed E-state index contributed by atoms with van der Waals surface area (Å²) in [6.45, 7) is 2.23. The molecule has 0 radical (unpaired) electrons. The van der Waals surface area contributed by atoms with E-state index in [1.807, 2.05) is 0 Å². The Morgan fingerprint density at radius 2 is 1.75 bits per heavy atom. The normalized spacial score (nSPS) is 10.1. The van der Waals surface area contributed by atoms with Gasteiger partial charge in [-0.2, -0.15) is 0 Å². The molecule has 0 amide bonds. The molecule has 0 fully saturated rings. The standard InChI is InChI=1S/C12H23N3O5/c13-15-14-5-7-18-8-9-19-10-11-20-12(17)4-2-1-3-6-16/h16H,1-11H2. The first-order valence-electron chi connectivity index (χ1n) is 6.74. The first-order valence-corrected chi connectivity index (χ1v) is 6.74. The van der Waals surface area contributed by atoms with Crippen LogP contribution in [-0.2, 0) is 19.0 Å². The highest BCUT2D eigenvalue weighted by Gasteiger charge is 2.02. The Kier molecular flexibility index (Phi) is 14.7. The van der Waals surface area contributed by atoms with E-state index in [1.165, 1.54) is 0 Å². The van der Waals surface area contributed by atoms with Gasteiger partial charge in [0.1, 0.15) is 6.61 Å². The molecule has 8 heteroatoms. The Bertz CT molecular complexity index is 282. The van der Waals surface area contributed by atoms with Gasteiger partial charge in [0.05, 0.1) is 26.4 Å². The number of ether oxygens (including phenoxy) is 3. The van der Waals surface area contributed by atoms with Gasteiger partial charge >= 0.3 is 5.97 Å². The number of nitrogens with zero attached hydrogens (tertiary/aromatic N) is 3. The van der Waals surface area contributed by atoms with Crippen molar-refractivity contribution in [1.82, 2.24) is 0 Å². The second-order valence-corrected chi connectivity index (χ2v) is 3.93. The highest BCUT2D eigenvalue weighted by Crippen LogP contribution is 2.00. The summed E-state index contributed by atoms with van der Waals surface area (Å²) in [5.74, 6) is -0.239. The Morgan fingerprint density at radius 1 is 1.05 bits per heavy atom. The lowest BCUT2D eigenvalue weighted by atomic mass is 10.2. The lowest BCUT2D eigenvalue weighted by Gasteiger charge is -2.06. The fraction of sp³-hybridized carbons (Fsp3) is 0.917. The summed E-state index contributed by atoms with van der Waals surface area (Å²) >= 11 is 0. The van der Waals surface area contributed by atoms with Crippen molar-refractivity contribution in [3.63, 3.8) is 0 Å². The van der Waals surface area contributed by atoms with Crippen LogP contribution in [-0.4, -0.2) is 57.3 Å². The summed E-state index contributed by atoms with van der Waals surface area (Å²) in [5, 5.41) is 11.9. The SMILES string of the molecule is [N-]=[N+]=NCCOCCOCCOC(=O)CCCCCO. The second-order valence-electron chi connectivity index (χ2n) is 3.93. The van der Waals surface area contributed by atoms with Gasteiger partial charge < -0.3 is 19.3 Å². The van der Waals surface area contributed by atoms with Crippen LogP contribution in [0.2, 0.25) is 0 Å². The summed E-state index contributed by atoms with van der Waals surface area (Å²) in [6.07, 6.45) is 2.66. The number of esters is 1. The molecule has 0 aliphatic carbocycles. The van der Waals surface area contributed by atoms with E-state index in [0.29, 0.717) is 39.4 Å². The largest absolute Gasteiger partial charge is 0.463 e. The van der Waals surface area contributed by atoms with Crippen LogP contribution < -0.4 is 0 Å². The van der Waals surface area contributed by atoms with Crippen LogP contribution in [0.5, 0.6) is 0 Å². The molecule has 1 N–H and O–H groups in total. The summed E-state index contributed by atoms with van der Waals surface area (Å²) in [5.41, 5.74) is 8.02. The highest BCUT2D eigenvalue weighted by atomic mass is 16.6. The number of rotatable bonds is 14. The number of hydrogen-bond acceptors (Lipinski definition) is 6. The molecule has 0 saturated heterocycles. The van der Waals surface area contributed by atoms with E-state index < -0.39 is 0 Å². The zero-order valence-electron chi connectivity index (χ0n) is 11.7. The Morgan fingerprint density at radius 3 is 2.45 bits per heavy atom. The van der Waals surface area contributed by atoms with E-state index in [9.17, 15) is 4.79 Å². The van der Waals surface area contributed by atoms with Crippen molar-refractivity contribution in [3.8, 4) is 0 Å². The molecule has 8 nitrogen and oxygen atoms in total. The van der Waals surface area contributed by atoms with Gasteiger partial charge in [0.15, 0.2) is 0 Å². The number of azide groups is 1. The van der Waals surface area contributed by atoms with Gasteiger partial charge in [-0.25, -0.2) is 0 Å². The minimum Gasteiger partial charge on any atom is -0.463 e. The molecule has 0 aromatic carbocycles. The third-order valence-corrected chi connectivity index (χ3v) is 2.30. The van der Waals surface area contributed by atoms with Crippen LogP contribution in [0.25, 0.3) is 10.4 Å². The molecular formula is C12H23N3O5. The first-order chi connectivity index (χ1) is 9.81. The maximum absolute atomic E-state index is 11.2. The Balaban J connectivity index is 3.15. The van der Waals surface area contributed by atoms with Crippen LogP contribution in [0.1, 0.15) is 25.7 Å². The summed E-state index contributed by atoms with van der Waals surface area (Å²) in [6, 6.07) is 0. The molecule has 0 aliphatic rings. The minimum atomic E-state index is -0.239. The van der Waals surface area contributed by atoms with Gasteiger partial charge in [0.2, 0.25) is 0 Å². The van der Waals surface area contributed by atoms with Crippen LogP contribution in [0.3, 0.4) is 0 Å². The van der Waals surface area contributed by atoms with Gasteiger partial charge in [-0.15, -0.1) is 0 Å². The second kappa shape index (κ2) is 15.7. The van der Waals surface area contributed by atoms with Gasteiger partial charge in [-0.3, -0.25) is 4.79 Å². The number of carbonyl (C=O) groups is 1. The number of unbranched alkanes of at least 4 members (excludes halogenated alkanes) is 2. The van der Waals surface area contributed by atoms with E-state index >= 15 is 0 Å². The molecule has 0 heterocycles. The van der Waals surface area contributed by atoms with Crippen LogP contribution >= 0.6 is 0 Å². The predicted molar refractivity (Wildman–Crippen MR) is 72.2 cm³/mol. The van der Waals surface area contributed by atoms with Gasteiger partial charge in [-0.1, -0.05) is 11.5 Å². The van der Waals surface area contributed by atoms with E-state index in [0.717, 1.165) is 19.3 Å². The lowest BCUT2D eigenvalue weighted by Crippen LogP contribution is -2.13. The van der Waals surface area contributed by atoms with Gasteiger partial charge in [-0.05, 0) is 18.4 Å². The van der Waals surface area contributed by atoms with Crippen molar-refractivity contribution in [1.29, 1.82) is 0 Å². The molecule has 0 unspecified atom stereocenters. The van der Waals surface area contributed by atoms with Crippen LogP contribution in [0.15, 0.2) is 5.11 Å². The van der Waals surface area contributed by atoms with Gasteiger partial charge in [0.25, 0.3) is 0 Å². The van der Waals surface area contributed by atoms with Crippen molar-refractivity contribution in [2.24, 2.45) is 5.11 Å². The lowest BCUT2D eigenvalue weighted by molar-refractivity contribution is -0.145. The third-order valence-electron chi connectivity index (χ3n) is 2.30. The monoisotopic (exact) mass is 289 g/mol. The van der Waals surface area contributed by atoms with Crippen molar-refractivity contribution in [3.05, 3.63) is 10.4 Å². The summed E-state index contributed by atoms with van der Waals surface area (Å²) in [4.78, 5) is 13.8. The molecule has 0 rings (SSSR count). The quantitative estimate of drug-likeness (QED) is 0.171. The Labute approximate surface area is 118 Å². The molecule has 116 valence electrons. The molecule has 0 saturated carbocycles. The Hall–Kier alpha value is -1.34. The number of hydrogen-bond donors (Lipinski definition) is 1. The predicted octanol–water partition coefficient (Wildman–Crippen LogP) is 1.43. The van der Waals surface area contributed by atoms with Crippen molar-refractivity contribution in [2.45, 2.75) is 25.7 Å². The summed E-state index contributed by atoms with van der Waals surface area (Å²) < 4.78 is 15.3. The molecular weight excluding hydrogens is 266 g/mol. The smallest absolute Gasteiger partial charge is 0.305 e. The molecule has 0 bridgehead atoms. The average molecular weight is 289 g/mol. The number of aliphatic hydroxyl groups is 1. The molecule has 0 atom stereocenters. The zero-order chi connectivity index (χ0) is 14.9. The third kappa shape index (κ3) is 14.7. The van der Waals surface area contributed by atoms with Crippen molar-refractivity contribution in [2.75, 3.05) is 46.2 Å². The summed E-state index contributed by atoms with van der Waals surface area (Å²) in [7, 11) is 0. The molecule has 0 aromatic rings. The number of aliphatic hydroxyl groups excluding tert-OH is 1. The molecule has 0 spiro atoms. The average Bonchev–Trinajstić information content (AvgIpc) is 2.45. The molecule has 0 aliphatic heterocycles. The fourth-order valence-corrected chi connectivity index (χ4v) is 1.32. The molecule has 20 heavy (non-hydrogen) atoms. The van der Waals surface area contributed by atoms with E-state index in [1.54, 1.807) is 0 Å². The zero-order valence-corrected chi connectivity index (χ0v) is 11.7.